The average molecular weight is 651 g/mol. The van der Waals surface area contributed by atoms with Crippen LogP contribution in [0.15, 0.2) is 12.2 Å². The van der Waals surface area contributed by atoms with E-state index < -0.39 is 35.3 Å². The van der Waals surface area contributed by atoms with Crippen molar-refractivity contribution in [3.8, 4) is 0 Å². The van der Waals surface area contributed by atoms with Gasteiger partial charge in [-0.2, -0.15) is 0 Å². The highest BCUT2D eigenvalue weighted by atomic mass is 16.6. The second kappa shape index (κ2) is 24.3. The van der Waals surface area contributed by atoms with Crippen LogP contribution in [0.4, 0.5) is 0 Å². The average Bonchev–Trinajstić information content (AvgIpc) is 3.00. The summed E-state index contributed by atoms with van der Waals surface area (Å²) >= 11 is 0. The van der Waals surface area contributed by atoms with Crippen molar-refractivity contribution in [2.45, 2.75) is 156 Å². The second-order valence-corrected chi connectivity index (χ2v) is 13.2. The number of nitrogens with one attached hydrogen (secondary N) is 1. The number of piperidine rings is 1. The molecule has 0 aromatic heterocycles. The lowest BCUT2D eigenvalue weighted by atomic mass is 9.86. The van der Waals surface area contributed by atoms with Crippen LogP contribution >= 0.6 is 0 Å². The highest BCUT2D eigenvalue weighted by Crippen LogP contribution is 2.25. The molecule has 2 unspecified atom stereocenters. The maximum Gasteiger partial charge on any atom is 0.307 e. The fourth-order valence-electron chi connectivity index (χ4n) is 5.49. The zero-order valence-corrected chi connectivity index (χ0v) is 29.4. The molecule has 0 spiro atoms. The second-order valence-electron chi connectivity index (χ2n) is 13.2. The molecule has 0 bridgehead atoms. The molecule has 0 saturated carbocycles. The molecule has 1 heterocycles. The number of amides is 2. The van der Waals surface area contributed by atoms with Gasteiger partial charge in [0.1, 0.15) is 12.7 Å². The van der Waals surface area contributed by atoms with Gasteiger partial charge in [0.15, 0.2) is 6.10 Å². The van der Waals surface area contributed by atoms with Crippen molar-refractivity contribution in [3.05, 3.63) is 12.2 Å². The van der Waals surface area contributed by atoms with Crippen LogP contribution in [-0.2, 0) is 38.2 Å². The molecule has 264 valence electrons. The van der Waals surface area contributed by atoms with Crippen LogP contribution in [0, 0.1) is 5.41 Å². The SMILES string of the molecule is CCCCCCCCC=CCCCCCCCC(=O)N1CCCC(OC(=O)CCNC(=O)C(OC(C)=O)C(C)(C)COC(C)=O)C1. The first-order chi connectivity index (χ1) is 22.0. The van der Waals surface area contributed by atoms with Gasteiger partial charge in [0.25, 0.3) is 5.91 Å². The molecule has 0 aliphatic carbocycles. The van der Waals surface area contributed by atoms with E-state index in [9.17, 15) is 24.0 Å². The van der Waals surface area contributed by atoms with E-state index in [0.29, 0.717) is 25.9 Å². The van der Waals surface area contributed by atoms with E-state index >= 15 is 0 Å². The molecule has 2 amide bonds. The van der Waals surface area contributed by atoms with Gasteiger partial charge in [0, 0.05) is 38.8 Å². The van der Waals surface area contributed by atoms with Crippen molar-refractivity contribution in [2.75, 3.05) is 26.2 Å². The number of allylic oxidation sites excluding steroid dienone is 2. The third-order valence-electron chi connectivity index (χ3n) is 8.19. The van der Waals surface area contributed by atoms with Crippen LogP contribution in [0.1, 0.15) is 144 Å². The molecule has 10 heteroatoms. The first kappa shape index (κ1) is 41.1. The number of carbonyl (C=O) groups excluding carboxylic acids is 5. The number of esters is 3. The summed E-state index contributed by atoms with van der Waals surface area (Å²) in [7, 11) is 0. The Kier molecular flexibility index (Phi) is 21.7. The molecule has 1 fully saturated rings. The number of hydrogen-bond acceptors (Lipinski definition) is 8. The van der Waals surface area contributed by atoms with Gasteiger partial charge in [-0.3, -0.25) is 24.0 Å². The van der Waals surface area contributed by atoms with Gasteiger partial charge >= 0.3 is 17.9 Å². The summed E-state index contributed by atoms with van der Waals surface area (Å²) in [6.07, 6.45) is 20.8. The Labute approximate surface area is 277 Å². The van der Waals surface area contributed by atoms with Crippen LogP contribution in [-0.4, -0.2) is 73.1 Å². The van der Waals surface area contributed by atoms with E-state index in [-0.39, 0.29) is 31.6 Å². The quantitative estimate of drug-likeness (QED) is 0.0537. The topological polar surface area (TPSA) is 128 Å². The molecule has 1 N–H and O–H groups in total. The lowest BCUT2D eigenvalue weighted by Gasteiger charge is -2.32. The van der Waals surface area contributed by atoms with Crippen LogP contribution < -0.4 is 5.32 Å². The Bertz CT molecular complexity index is 948. The van der Waals surface area contributed by atoms with Gasteiger partial charge in [-0.05, 0) is 44.9 Å². The van der Waals surface area contributed by atoms with Crippen molar-refractivity contribution in [2.24, 2.45) is 5.41 Å². The zero-order valence-electron chi connectivity index (χ0n) is 29.4. The highest BCUT2D eigenvalue weighted by molar-refractivity contribution is 5.84. The van der Waals surface area contributed by atoms with Crippen LogP contribution in [0.3, 0.4) is 0 Å². The number of likely N-dealkylation sites (tertiary alicyclic amines) is 1. The van der Waals surface area contributed by atoms with Crippen molar-refractivity contribution in [3.63, 3.8) is 0 Å². The predicted molar refractivity (Wildman–Crippen MR) is 179 cm³/mol. The highest BCUT2D eigenvalue weighted by Gasteiger charge is 2.39. The number of rotatable bonds is 24. The van der Waals surface area contributed by atoms with Gasteiger partial charge < -0.3 is 24.4 Å². The number of nitrogens with zero attached hydrogens (tertiary/aromatic N) is 1. The minimum atomic E-state index is -1.21. The summed E-state index contributed by atoms with van der Waals surface area (Å²) in [6.45, 7) is 8.92. The zero-order chi connectivity index (χ0) is 34.2. The van der Waals surface area contributed by atoms with Crippen LogP contribution in [0.25, 0.3) is 0 Å². The van der Waals surface area contributed by atoms with Gasteiger partial charge in [-0.15, -0.1) is 0 Å². The van der Waals surface area contributed by atoms with E-state index in [1.165, 1.54) is 71.6 Å². The molecule has 1 saturated heterocycles. The summed E-state index contributed by atoms with van der Waals surface area (Å²) < 4.78 is 15.8. The van der Waals surface area contributed by atoms with Gasteiger partial charge in [-0.25, -0.2) is 0 Å². The Morgan fingerprint density at radius 1 is 0.848 bits per heavy atom. The number of unbranched alkanes of at least 4 members (excludes halogenated alkanes) is 11. The third-order valence-corrected chi connectivity index (χ3v) is 8.19. The van der Waals surface area contributed by atoms with Crippen molar-refractivity contribution < 1.29 is 38.2 Å². The Morgan fingerprint density at radius 2 is 1.46 bits per heavy atom. The molecule has 1 aliphatic rings. The molecule has 0 aromatic rings. The van der Waals surface area contributed by atoms with E-state index in [2.05, 4.69) is 24.4 Å². The van der Waals surface area contributed by atoms with Crippen molar-refractivity contribution in [1.82, 2.24) is 10.2 Å². The van der Waals surface area contributed by atoms with Gasteiger partial charge in [-0.1, -0.05) is 84.3 Å². The first-order valence-corrected chi connectivity index (χ1v) is 17.7. The van der Waals surface area contributed by atoms with Crippen molar-refractivity contribution in [1.29, 1.82) is 0 Å². The summed E-state index contributed by atoms with van der Waals surface area (Å²) in [4.78, 5) is 62.7. The Balaban J connectivity index is 2.25. The van der Waals surface area contributed by atoms with Gasteiger partial charge in [0.2, 0.25) is 5.91 Å². The van der Waals surface area contributed by atoms with E-state index in [1.54, 1.807) is 18.7 Å². The number of ether oxygens (including phenoxy) is 3. The lowest BCUT2D eigenvalue weighted by Crippen LogP contribution is -2.49. The minimum Gasteiger partial charge on any atom is -0.465 e. The summed E-state index contributed by atoms with van der Waals surface area (Å²) in [6, 6.07) is 0. The maximum absolute atomic E-state index is 12.8. The number of carbonyl (C=O) groups is 5. The molecule has 1 rings (SSSR count). The molecule has 0 aromatic carbocycles. The standard InChI is InChI=1S/C36H62N2O8/c1-6-7-8-9-10-11-12-13-14-15-16-17-18-19-20-23-32(41)38-26-21-22-31(27-38)46-33(42)24-25-37-35(43)34(45-30(3)40)36(4,5)28-44-29(2)39/h13-14,31,34H,6-12,15-28H2,1-5H3,(H,37,43). The van der Waals surface area contributed by atoms with Crippen LogP contribution in [0.5, 0.6) is 0 Å². The van der Waals surface area contributed by atoms with Gasteiger partial charge in [0.05, 0.1) is 13.0 Å². The molecule has 10 nitrogen and oxygen atoms in total. The predicted octanol–water partition coefficient (Wildman–Crippen LogP) is 6.59. The summed E-state index contributed by atoms with van der Waals surface area (Å²) in [5, 5.41) is 2.61. The van der Waals surface area contributed by atoms with E-state index in [4.69, 9.17) is 14.2 Å². The molecule has 46 heavy (non-hydrogen) atoms. The maximum atomic E-state index is 12.8. The fraction of sp³-hybridized carbons (Fsp3) is 0.806. The summed E-state index contributed by atoms with van der Waals surface area (Å²) in [5.74, 6) is -2.11. The molecule has 0 radical (unpaired) electrons. The summed E-state index contributed by atoms with van der Waals surface area (Å²) in [5.41, 5.74) is -0.982. The van der Waals surface area contributed by atoms with E-state index in [0.717, 1.165) is 32.1 Å². The molecule has 1 aliphatic heterocycles. The lowest BCUT2D eigenvalue weighted by molar-refractivity contribution is -0.167. The monoisotopic (exact) mass is 650 g/mol. The normalized spacial score (nSPS) is 15.8. The van der Waals surface area contributed by atoms with E-state index in [1.807, 2.05) is 0 Å². The Morgan fingerprint density at radius 3 is 2.07 bits per heavy atom. The number of hydrogen-bond donors (Lipinski definition) is 1. The van der Waals surface area contributed by atoms with Crippen LogP contribution in [0.2, 0.25) is 0 Å². The largest absolute Gasteiger partial charge is 0.465 e. The van der Waals surface area contributed by atoms with Crippen molar-refractivity contribution >= 4 is 29.7 Å². The molecular weight excluding hydrogens is 588 g/mol. The Hall–Kier alpha value is -2.91. The third kappa shape index (κ3) is 19.6. The smallest absolute Gasteiger partial charge is 0.307 e. The fourth-order valence-corrected chi connectivity index (χ4v) is 5.49. The molecular formula is C36H62N2O8. The molecule has 2 atom stereocenters. The first-order valence-electron chi connectivity index (χ1n) is 17.7. The minimum absolute atomic E-state index is 0.01000.